The number of piperidine rings is 2. The van der Waals surface area contributed by atoms with Gasteiger partial charge < -0.3 is 9.80 Å². The van der Waals surface area contributed by atoms with E-state index < -0.39 is 5.67 Å². The van der Waals surface area contributed by atoms with Gasteiger partial charge in [-0.15, -0.1) is 0 Å². The third kappa shape index (κ3) is 9.78. The first-order valence-corrected chi connectivity index (χ1v) is 9.67. The van der Waals surface area contributed by atoms with Crippen LogP contribution in [-0.2, 0) is 0 Å². The van der Waals surface area contributed by atoms with E-state index in [4.69, 9.17) is 0 Å². The van der Waals surface area contributed by atoms with Gasteiger partial charge in [0.1, 0.15) is 5.67 Å². The summed E-state index contributed by atoms with van der Waals surface area (Å²) in [6.07, 6.45) is 3.93. The molecule has 0 unspecified atom stereocenters. The summed E-state index contributed by atoms with van der Waals surface area (Å²) in [5.74, 6) is 0.837. The number of halogens is 1. The van der Waals surface area contributed by atoms with Gasteiger partial charge in [-0.25, -0.2) is 4.39 Å². The van der Waals surface area contributed by atoms with Crippen molar-refractivity contribution in [3.8, 4) is 0 Å². The van der Waals surface area contributed by atoms with Crippen LogP contribution in [-0.4, -0.2) is 55.2 Å². The number of hydrogen-bond donors (Lipinski definition) is 0. The molecule has 2 rings (SSSR count). The number of rotatable bonds is 2. The summed E-state index contributed by atoms with van der Waals surface area (Å²) in [5, 5.41) is 0. The normalized spacial score (nSPS) is 22.2. The van der Waals surface area contributed by atoms with Crippen LogP contribution in [0.25, 0.3) is 0 Å². The summed E-state index contributed by atoms with van der Waals surface area (Å²) in [4.78, 5) is 4.57. The van der Waals surface area contributed by atoms with Crippen molar-refractivity contribution in [2.75, 3.05) is 39.8 Å². The molecule has 0 atom stereocenters. The van der Waals surface area contributed by atoms with Crippen LogP contribution < -0.4 is 0 Å². The number of alkyl halides is 1. The molecule has 0 radical (unpaired) electrons. The number of hydrogen-bond acceptors (Lipinski definition) is 2. The molecule has 3 heteroatoms. The summed E-state index contributed by atoms with van der Waals surface area (Å²) < 4.78 is 14.6. The van der Waals surface area contributed by atoms with E-state index in [1.54, 1.807) is 0 Å². The molecule has 0 amide bonds. The molecular weight excluding hydrogens is 275 g/mol. The monoisotopic (exact) mass is 318 g/mol. The van der Waals surface area contributed by atoms with Gasteiger partial charge in [0, 0.05) is 19.6 Å². The van der Waals surface area contributed by atoms with Gasteiger partial charge in [-0.05, 0) is 51.7 Å². The molecule has 136 valence electrons. The molecule has 2 fully saturated rings. The van der Waals surface area contributed by atoms with E-state index in [0.717, 1.165) is 44.9 Å². The SMILES string of the molecule is CC.CC.CC.CC1CCN(CC2(F)CCN(C)CC2)CC1. The molecule has 0 aromatic carbocycles. The Labute approximate surface area is 140 Å². The van der Waals surface area contributed by atoms with Crippen molar-refractivity contribution < 1.29 is 4.39 Å². The maximum Gasteiger partial charge on any atom is 0.126 e. The predicted molar refractivity (Wildman–Crippen MR) is 99.5 cm³/mol. The Balaban J connectivity index is 0. The van der Waals surface area contributed by atoms with Crippen LogP contribution in [0.3, 0.4) is 0 Å². The van der Waals surface area contributed by atoms with Gasteiger partial charge in [0.25, 0.3) is 0 Å². The number of nitrogens with zero attached hydrogens (tertiary/aromatic N) is 2. The van der Waals surface area contributed by atoms with Gasteiger partial charge in [-0.2, -0.15) is 0 Å². The molecule has 0 saturated carbocycles. The van der Waals surface area contributed by atoms with E-state index in [2.05, 4.69) is 23.8 Å². The van der Waals surface area contributed by atoms with Crippen LogP contribution in [0.1, 0.15) is 74.1 Å². The summed E-state index contributed by atoms with van der Waals surface area (Å²) in [6, 6.07) is 0. The Bertz CT molecular complexity index is 217. The van der Waals surface area contributed by atoms with Crippen molar-refractivity contribution in [2.24, 2.45) is 5.92 Å². The Kier molecular flexibility index (Phi) is 15.8. The molecule has 2 heterocycles. The highest BCUT2D eigenvalue weighted by Gasteiger charge is 2.35. The van der Waals surface area contributed by atoms with Crippen LogP contribution in [0.5, 0.6) is 0 Å². The fourth-order valence-electron chi connectivity index (χ4n) is 2.80. The van der Waals surface area contributed by atoms with Crippen LogP contribution >= 0.6 is 0 Å². The second kappa shape index (κ2) is 14.4. The third-order valence-electron chi connectivity index (χ3n) is 4.27. The van der Waals surface area contributed by atoms with Crippen molar-refractivity contribution in [2.45, 2.75) is 79.8 Å². The second-order valence-corrected chi connectivity index (χ2v) is 5.91. The summed E-state index contributed by atoms with van der Waals surface area (Å²) >= 11 is 0. The molecule has 2 nitrogen and oxygen atoms in total. The third-order valence-corrected chi connectivity index (χ3v) is 4.27. The smallest absolute Gasteiger partial charge is 0.126 e. The van der Waals surface area contributed by atoms with Crippen molar-refractivity contribution in [3.05, 3.63) is 0 Å². The fraction of sp³-hybridized carbons (Fsp3) is 1.00. The molecule has 0 bridgehead atoms. The molecule has 0 aliphatic carbocycles. The van der Waals surface area contributed by atoms with Gasteiger partial charge >= 0.3 is 0 Å². The van der Waals surface area contributed by atoms with Crippen molar-refractivity contribution >= 4 is 0 Å². The Morgan fingerprint density at radius 1 is 0.864 bits per heavy atom. The lowest BCUT2D eigenvalue weighted by atomic mass is 9.91. The molecule has 2 aliphatic heterocycles. The fourth-order valence-corrected chi connectivity index (χ4v) is 2.80. The highest BCUT2D eigenvalue weighted by atomic mass is 19.1. The minimum Gasteiger partial charge on any atom is -0.306 e. The van der Waals surface area contributed by atoms with Gasteiger partial charge in [-0.1, -0.05) is 48.5 Å². The van der Waals surface area contributed by atoms with Gasteiger partial charge in [0.2, 0.25) is 0 Å². The van der Waals surface area contributed by atoms with E-state index in [0.29, 0.717) is 6.54 Å². The van der Waals surface area contributed by atoms with E-state index in [1.807, 2.05) is 41.5 Å². The molecule has 0 spiro atoms. The first-order chi connectivity index (χ1) is 10.6. The largest absolute Gasteiger partial charge is 0.306 e. The molecule has 2 aliphatic rings. The molecule has 22 heavy (non-hydrogen) atoms. The molecule has 2 saturated heterocycles. The highest BCUT2D eigenvalue weighted by molar-refractivity contribution is 4.89. The maximum absolute atomic E-state index is 14.6. The predicted octanol–water partition coefficient (Wildman–Crippen LogP) is 5.23. The quantitative estimate of drug-likeness (QED) is 0.688. The lowest BCUT2D eigenvalue weighted by Crippen LogP contribution is -2.49. The summed E-state index contributed by atoms with van der Waals surface area (Å²) in [7, 11) is 2.09. The second-order valence-electron chi connectivity index (χ2n) is 5.91. The average Bonchev–Trinajstić information content (AvgIpc) is 2.58. The van der Waals surface area contributed by atoms with E-state index >= 15 is 0 Å². The van der Waals surface area contributed by atoms with Crippen LogP contribution in [0, 0.1) is 5.92 Å². The van der Waals surface area contributed by atoms with Crippen LogP contribution in [0.2, 0.25) is 0 Å². The van der Waals surface area contributed by atoms with Crippen LogP contribution in [0.4, 0.5) is 4.39 Å². The Hall–Kier alpha value is -0.150. The first-order valence-electron chi connectivity index (χ1n) is 9.67. The van der Waals surface area contributed by atoms with Crippen LogP contribution in [0.15, 0.2) is 0 Å². The minimum absolute atomic E-state index is 0.674. The summed E-state index contributed by atoms with van der Waals surface area (Å²) in [6.45, 7) is 19.0. The van der Waals surface area contributed by atoms with Gasteiger partial charge in [-0.3, -0.25) is 0 Å². The van der Waals surface area contributed by atoms with Crippen molar-refractivity contribution in [1.82, 2.24) is 9.80 Å². The zero-order chi connectivity index (χ0) is 17.6. The highest BCUT2D eigenvalue weighted by Crippen LogP contribution is 2.28. The zero-order valence-corrected chi connectivity index (χ0v) is 16.7. The Morgan fingerprint density at radius 2 is 1.27 bits per heavy atom. The summed E-state index contributed by atoms with van der Waals surface area (Å²) in [5.41, 5.74) is -0.910. The average molecular weight is 319 g/mol. The van der Waals surface area contributed by atoms with Crippen molar-refractivity contribution in [3.63, 3.8) is 0 Å². The molecule has 0 aromatic rings. The first kappa shape index (κ1) is 24.1. The lowest BCUT2D eigenvalue weighted by Gasteiger charge is -2.40. The van der Waals surface area contributed by atoms with Gasteiger partial charge in [0.05, 0.1) is 0 Å². The maximum atomic E-state index is 14.6. The van der Waals surface area contributed by atoms with Crippen molar-refractivity contribution in [1.29, 1.82) is 0 Å². The van der Waals surface area contributed by atoms with E-state index in [1.165, 1.54) is 12.8 Å². The molecule has 0 N–H and O–H groups in total. The zero-order valence-electron chi connectivity index (χ0n) is 16.7. The van der Waals surface area contributed by atoms with E-state index in [9.17, 15) is 4.39 Å². The number of likely N-dealkylation sites (tertiary alicyclic amines) is 2. The molecular formula is C19H43FN2. The van der Waals surface area contributed by atoms with E-state index in [-0.39, 0.29) is 0 Å². The topological polar surface area (TPSA) is 6.48 Å². The van der Waals surface area contributed by atoms with Gasteiger partial charge in [0.15, 0.2) is 0 Å². The lowest BCUT2D eigenvalue weighted by molar-refractivity contribution is 0.0220. The molecule has 0 aromatic heterocycles. The standard InChI is InChI=1S/C13H25FN2.3C2H6/c1-12-3-7-16(8-4-12)11-13(14)5-9-15(2)10-6-13;3*1-2/h12H,3-11H2,1-2H3;3*1-2H3. The minimum atomic E-state index is -0.910. The Morgan fingerprint density at radius 3 is 1.68 bits per heavy atom.